The zero-order valence-electron chi connectivity index (χ0n) is 19.3. The Labute approximate surface area is 187 Å². The van der Waals surface area contributed by atoms with Crippen LogP contribution in [0.25, 0.3) is 11.0 Å². The number of hydrogen-bond donors (Lipinski definition) is 3. The Kier molecular flexibility index (Phi) is 4.52. The van der Waals surface area contributed by atoms with Gasteiger partial charge in [-0.15, -0.1) is 0 Å². The minimum atomic E-state index is -1.80. The number of H-pyrrole nitrogens is 1. The number of fused-ring (bicyclic) bond motifs is 2. The average molecular weight is 433 g/mol. The van der Waals surface area contributed by atoms with Crippen molar-refractivity contribution in [2.45, 2.75) is 12.9 Å². The SMILES string of the molecule is [2H]C([2H])(c1ccnc2[nH]ccc12)N1CCc2c(NC(=O)Nc3cc(F)ccc3OC)cccc21. The van der Waals surface area contributed by atoms with Crippen molar-refractivity contribution in [3.05, 3.63) is 77.9 Å². The summed E-state index contributed by atoms with van der Waals surface area (Å²) < 4.78 is 36.7. The fraction of sp³-hybridized carbons (Fsp3) is 0.167. The van der Waals surface area contributed by atoms with E-state index < -0.39 is 18.3 Å². The lowest BCUT2D eigenvalue weighted by Crippen LogP contribution is -2.21. The third-order valence-corrected chi connectivity index (χ3v) is 5.40. The lowest BCUT2D eigenvalue weighted by atomic mass is 10.1. The van der Waals surface area contributed by atoms with E-state index in [0.29, 0.717) is 41.3 Å². The number of pyridine rings is 1. The number of methoxy groups -OCH3 is 1. The molecule has 3 heterocycles. The topological polar surface area (TPSA) is 82.3 Å². The quantitative estimate of drug-likeness (QED) is 0.417. The molecule has 3 N–H and O–H groups in total. The van der Waals surface area contributed by atoms with Crippen LogP contribution in [-0.2, 0) is 12.9 Å². The van der Waals surface area contributed by atoms with Gasteiger partial charge in [-0.25, -0.2) is 14.2 Å². The highest BCUT2D eigenvalue weighted by Gasteiger charge is 2.23. The summed E-state index contributed by atoms with van der Waals surface area (Å²) in [6.07, 6.45) is 3.88. The van der Waals surface area contributed by atoms with Gasteiger partial charge in [-0.3, -0.25) is 0 Å². The minimum absolute atomic E-state index is 0.207. The number of halogens is 1. The van der Waals surface area contributed by atoms with Crippen LogP contribution in [0.2, 0.25) is 0 Å². The highest BCUT2D eigenvalue weighted by molar-refractivity contribution is 6.01. The summed E-state index contributed by atoms with van der Waals surface area (Å²) in [5.74, 6) is -0.162. The number of aromatic amines is 1. The Morgan fingerprint density at radius 3 is 3.00 bits per heavy atom. The van der Waals surface area contributed by atoms with Crippen LogP contribution < -0.4 is 20.3 Å². The number of anilines is 3. The standard InChI is InChI=1S/C24H22FN5O2/c1-32-22-6-5-16(25)13-20(22)29-24(31)28-19-3-2-4-21-18(19)9-12-30(21)14-15-7-10-26-23-17(15)8-11-27-23/h2-8,10-11,13H,9,12,14H2,1H3,(H,26,27)(H2,28,29,31)/i14D2. The number of nitrogens with one attached hydrogen (secondary N) is 3. The summed E-state index contributed by atoms with van der Waals surface area (Å²) in [5, 5.41) is 6.14. The van der Waals surface area contributed by atoms with Gasteiger partial charge in [0.1, 0.15) is 17.2 Å². The molecule has 0 saturated heterocycles. The maximum Gasteiger partial charge on any atom is 0.323 e. The molecule has 5 rings (SSSR count). The highest BCUT2D eigenvalue weighted by atomic mass is 19.1. The third-order valence-electron chi connectivity index (χ3n) is 5.40. The Morgan fingerprint density at radius 2 is 2.12 bits per heavy atom. The van der Waals surface area contributed by atoms with E-state index in [0.717, 1.165) is 10.9 Å². The van der Waals surface area contributed by atoms with Crippen molar-refractivity contribution in [3.8, 4) is 5.75 Å². The van der Waals surface area contributed by atoms with Gasteiger partial charge in [-0.1, -0.05) is 6.07 Å². The number of urea groups is 1. The van der Waals surface area contributed by atoms with Crippen molar-refractivity contribution in [2.75, 3.05) is 29.2 Å². The molecule has 32 heavy (non-hydrogen) atoms. The first-order valence-electron chi connectivity index (χ1n) is 11.1. The summed E-state index contributed by atoms with van der Waals surface area (Å²) in [6, 6.07) is 12.2. The lowest BCUT2D eigenvalue weighted by Gasteiger charge is -2.20. The lowest BCUT2D eigenvalue weighted by molar-refractivity contribution is 0.262. The van der Waals surface area contributed by atoms with Gasteiger partial charge >= 0.3 is 6.03 Å². The second-order valence-corrected chi connectivity index (χ2v) is 7.34. The summed E-state index contributed by atoms with van der Waals surface area (Å²) in [6.45, 7) is -1.36. The van der Waals surface area contributed by atoms with Gasteiger partial charge in [-0.05, 0) is 48.4 Å². The number of amides is 2. The zero-order valence-corrected chi connectivity index (χ0v) is 17.3. The molecule has 0 radical (unpaired) electrons. The molecule has 2 aromatic heterocycles. The molecule has 0 unspecified atom stereocenters. The maximum absolute atomic E-state index is 13.6. The van der Waals surface area contributed by atoms with E-state index in [1.165, 1.54) is 25.3 Å². The molecule has 4 aromatic rings. The van der Waals surface area contributed by atoms with E-state index in [4.69, 9.17) is 7.48 Å². The third kappa shape index (κ3) is 3.71. The van der Waals surface area contributed by atoms with Crippen LogP contribution in [0.3, 0.4) is 0 Å². The summed E-state index contributed by atoms with van der Waals surface area (Å²) >= 11 is 0. The fourth-order valence-electron chi connectivity index (χ4n) is 3.93. The van der Waals surface area contributed by atoms with Gasteiger partial charge < -0.3 is 25.3 Å². The average Bonchev–Trinajstić information content (AvgIpc) is 3.47. The molecule has 0 saturated carbocycles. The van der Waals surface area contributed by atoms with E-state index >= 15 is 0 Å². The Morgan fingerprint density at radius 1 is 1.25 bits per heavy atom. The summed E-state index contributed by atoms with van der Waals surface area (Å²) in [4.78, 5) is 21.7. The number of hydrogen-bond acceptors (Lipinski definition) is 4. The molecule has 0 fully saturated rings. The van der Waals surface area contributed by atoms with Gasteiger partial charge in [0.15, 0.2) is 0 Å². The molecule has 0 atom stereocenters. The molecule has 7 nitrogen and oxygen atoms in total. The van der Waals surface area contributed by atoms with Crippen molar-refractivity contribution in [3.63, 3.8) is 0 Å². The van der Waals surface area contributed by atoms with Gasteiger partial charge in [0.2, 0.25) is 0 Å². The minimum Gasteiger partial charge on any atom is -0.495 e. The van der Waals surface area contributed by atoms with E-state index in [1.54, 1.807) is 35.5 Å². The molecule has 0 bridgehead atoms. The molecule has 1 aliphatic heterocycles. The molecular weight excluding hydrogens is 409 g/mol. The molecule has 162 valence electrons. The summed E-state index contributed by atoms with van der Waals surface area (Å²) in [7, 11) is 1.44. The van der Waals surface area contributed by atoms with E-state index in [9.17, 15) is 9.18 Å². The molecule has 0 spiro atoms. The molecule has 1 aliphatic rings. The van der Waals surface area contributed by atoms with Gasteiger partial charge in [0, 0.05) is 53.8 Å². The second kappa shape index (κ2) is 8.22. The van der Waals surface area contributed by atoms with Gasteiger partial charge in [0.25, 0.3) is 0 Å². The van der Waals surface area contributed by atoms with Crippen molar-refractivity contribution >= 4 is 34.1 Å². The predicted octanol–water partition coefficient (Wildman–Crippen LogP) is 4.92. The number of aromatic nitrogens is 2. The molecular formula is C24H22FN5O2. The van der Waals surface area contributed by atoms with Crippen LogP contribution >= 0.6 is 0 Å². The van der Waals surface area contributed by atoms with Crippen molar-refractivity contribution < 1.29 is 16.7 Å². The largest absolute Gasteiger partial charge is 0.495 e. The first-order chi connectivity index (χ1) is 16.4. The summed E-state index contributed by atoms with van der Waals surface area (Å²) in [5.41, 5.74) is 3.43. The van der Waals surface area contributed by atoms with E-state index in [2.05, 4.69) is 20.6 Å². The maximum atomic E-state index is 13.6. The van der Waals surface area contributed by atoms with E-state index in [1.807, 2.05) is 12.1 Å². The van der Waals surface area contributed by atoms with Crippen molar-refractivity contribution in [1.82, 2.24) is 9.97 Å². The Balaban J connectivity index is 1.42. The number of ether oxygens (including phenoxy) is 1. The Bertz CT molecular complexity index is 1390. The molecule has 2 amide bonds. The first-order valence-corrected chi connectivity index (χ1v) is 10.1. The number of carbonyl (C=O) groups excluding carboxylic acids is 1. The predicted molar refractivity (Wildman–Crippen MR) is 123 cm³/mol. The number of carbonyl (C=O) groups is 1. The van der Waals surface area contributed by atoms with Crippen molar-refractivity contribution in [1.29, 1.82) is 0 Å². The normalized spacial score (nSPS) is 14.0. The smallest absolute Gasteiger partial charge is 0.323 e. The van der Waals surface area contributed by atoms with E-state index in [-0.39, 0.29) is 5.69 Å². The number of nitrogens with zero attached hydrogens (tertiary/aromatic N) is 2. The Hall–Kier alpha value is -4.07. The highest BCUT2D eigenvalue weighted by Crippen LogP contribution is 2.35. The molecule has 2 aromatic carbocycles. The van der Waals surface area contributed by atoms with Crippen LogP contribution in [0.4, 0.5) is 26.2 Å². The van der Waals surface area contributed by atoms with Crippen molar-refractivity contribution in [2.24, 2.45) is 0 Å². The van der Waals surface area contributed by atoms with Crippen LogP contribution in [0.1, 0.15) is 13.9 Å². The fourth-order valence-corrected chi connectivity index (χ4v) is 3.93. The van der Waals surface area contributed by atoms with Crippen LogP contribution in [0, 0.1) is 5.82 Å². The van der Waals surface area contributed by atoms with Gasteiger partial charge in [-0.2, -0.15) is 0 Å². The van der Waals surface area contributed by atoms with Gasteiger partial charge in [0.05, 0.1) is 15.5 Å². The number of rotatable bonds is 5. The zero-order chi connectivity index (χ0) is 23.9. The first kappa shape index (κ1) is 17.6. The van der Waals surface area contributed by atoms with Crippen LogP contribution in [-0.4, -0.2) is 29.7 Å². The van der Waals surface area contributed by atoms with Crippen LogP contribution in [0.15, 0.2) is 60.9 Å². The number of benzene rings is 2. The monoisotopic (exact) mass is 433 g/mol. The molecule has 0 aliphatic carbocycles. The van der Waals surface area contributed by atoms with Crippen LogP contribution in [0.5, 0.6) is 5.75 Å². The second-order valence-electron chi connectivity index (χ2n) is 7.34. The molecule has 8 heteroatoms.